The number of methoxy groups -OCH3 is 2. The molecule has 0 amide bonds. The minimum atomic E-state index is -1.64. The average Bonchev–Trinajstić information content (AvgIpc) is 2.73. The monoisotopic (exact) mass is 418 g/mol. The van der Waals surface area contributed by atoms with Gasteiger partial charge in [-0.1, -0.05) is 6.08 Å². The van der Waals surface area contributed by atoms with Crippen LogP contribution in [0.5, 0.6) is 0 Å². The first kappa shape index (κ1) is 23.3. The van der Waals surface area contributed by atoms with Crippen molar-refractivity contribution in [3.05, 3.63) is 23.5 Å². The van der Waals surface area contributed by atoms with Gasteiger partial charge in [-0.15, -0.1) is 0 Å². The molecule has 1 fully saturated rings. The van der Waals surface area contributed by atoms with Crippen LogP contribution in [0.4, 0.5) is 0 Å². The predicted molar refractivity (Wildman–Crippen MR) is 93.7 cm³/mol. The van der Waals surface area contributed by atoms with E-state index in [4.69, 9.17) is 18.9 Å². The molecule has 0 aromatic rings. The van der Waals surface area contributed by atoms with Crippen LogP contribution in [0.2, 0.25) is 0 Å². The van der Waals surface area contributed by atoms with Crippen molar-refractivity contribution in [1.29, 1.82) is 0 Å². The summed E-state index contributed by atoms with van der Waals surface area (Å²) in [5.74, 6) is -2.08. The second-order valence-electron chi connectivity index (χ2n) is 6.49. The molecule has 0 saturated carbocycles. The quantitative estimate of drug-likeness (QED) is 0.289. The van der Waals surface area contributed by atoms with Gasteiger partial charge in [-0.2, -0.15) is 0 Å². The van der Waals surface area contributed by atoms with E-state index in [1.165, 1.54) is 14.2 Å². The van der Waals surface area contributed by atoms with Crippen LogP contribution in [0.25, 0.3) is 0 Å². The summed E-state index contributed by atoms with van der Waals surface area (Å²) in [5.41, 5.74) is 0.426. The van der Waals surface area contributed by atoms with Gasteiger partial charge in [0.05, 0.1) is 39.1 Å². The van der Waals surface area contributed by atoms with Crippen LogP contribution < -0.4 is 0 Å². The number of carbonyl (C=O) groups is 2. The van der Waals surface area contributed by atoms with Crippen LogP contribution in [-0.2, 0) is 33.3 Å². The molecule has 164 valence electrons. The maximum Gasteiger partial charge on any atom is 0.337 e. The Balaban J connectivity index is 2.27. The lowest BCUT2D eigenvalue weighted by Gasteiger charge is -2.41. The number of carbonyl (C=O) groups excluding carboxylic acids is 2. The standard InChI is InChI=1S/C18H26O11/c1-4-8-9(5-12(20)25-2)10(16(24)26-3)7-27-17(8)29-18-15(23)14(22)13(21)11(6-19)28-18/h4,7,9,11,13-15,17-19,21-23H,5-6H2,1-3H3/t9-,11+,13+,14-,15+,17+,18-/m0/s1. The fraction of sp³-hybridized carbons (Fsp3) is 0.667. The summed E-state index contributed by atoms with van der Waals surface area (Å²) in [7, 11) is 2.39. The SMILES string of the molecule is CC=C1[C@@H](O[C@@H]2O[C@H](CO)[C@@H](O)[C@H](O)[C@H]2O)OC=C(C(=O)OC)[C@H]1CC(=O)OC. The van der Waals surface area contributed by atoms with E-state index in [1.807, 2.05) is 0 Å². The van der Waals surface area contributed by atoms with Crippen LogP contribution in [0, 0.1) is 5.92 Å². The Morgan fingerprint density at radius 3 is 2.38 bits per heavy atom. The third kappa shape index (κ3) is 4.94. The molecule has 11 nitrogen and oxygen atoms in total. The van der Waals surface area contributed by atoms with E-state index < -0.39 is 61.5 Å². The lowest BCUT2D eigenvalue weighted by atomic mass is 9.86. The maximum atomic E-state index is 12.1. The number of aliphatic hydroxyl groups is 4. The zero-order valence-electron chi connectivity index (χ0n) is 16.3. The first-order valence-electron chi connectivity index (χ1n) is 8.91. The smallest absolute Gasteiger partial charge is 0.337 e. The molecule has 2 rings (SSSR count). The van der Waals surface area contributed by atoms with Gasteiger partial charge >= 0.3 is 11.9 Å². The van der Waals surface area contributed by atoms with Crippen LogP contribution >= 0.6 is 0 Å². The van der Waals surface area contributed by atoms with E-state index in [-0.39, 0.29) is 12.0 Å². The molecule has 2 aliphatic heterocycles. The summed E-state index contributed by atoms with van der Waals surface area (Å²) in [5, 5.41) is 39.2. The highest BCUT2D eigenvalue weighted by Gasteiger charge is 2.46. The Hall–Kier alpha value is -2.02. The Morgan fingerprint density at radius 1 is 1.14 bits per heavy atom. The van der Waals surface area contributed by atoms with Gasteiger partial charge < -0.3 is 44.1 Å². The molecule has 29 heavy (non-hydrogen) atoms. The minimum Gasteiger partial charge on any atom is -0.469 e. The summed E-state index contributed by atoms with van der Waals surface area (Å²) in [6, 6.07) is 0. The fourth-order valence-electron chi connectivity index (χ4n) is 3.18. The zero-order chi connectivity index (χ0) is 21.7. The molecule has 4 N–H and O–H groups in total. The van der Waals surface area contributed by atoms with E-state index in [9.17, 15) is 30.0 Å². The van der Waals surface area contributed by atoms with E-state index >= 15 is 0 Å². The number of ether oxygens (including phenoxy) is 5. The van der Waals surface area contributed by atoms with Gasteiger partial charge in [-0.25, -0.2) is 4.79 Å². The lowest BCUT2D eigenvalue weighted by Crippen LogP contribution is -2.60. The highest BCUT2D eigenvalue weighted by molar-refractivity contribution is 5.90. The summed E-state index contributed by atoms with van der Waals surface area (Å²) in [6.45, 7) is 1.01. The van der Waals surface area contributed by atoms with Crippen LogP contribution in [-0.4, -0.2) is 90.2 Å². The zero-order valence-corrected chi connectivity index (χ0v) is 16.3. The van der Waals surface area contributed by atoms with Crippen molar-refractivity contribution in [1.82, 2.24) is 0 Å². The van der Waals surface area contributed by atoms with E-state index in [0.717, 1.165) is 6.26 Å². The van der Waals surface area contributed by atoms with E-state index in [1.54, 1.807) is 13.0 Å². The molecule has 1 saturated heterocycles. The lowest BCUT2D eigenvalue weighted by molar-refractivity contribution is -0.327. The number of hydrogen-bond acceptors (Lipinski definition) is 11. The molecule has 0 aromatic carbocycles. The molecule has 0 unspecified atom stereocenters. The number of esters is 2. The normalized spacial score (nSPS) is 36.2. The van der Waals surface area contributed by atoms with Crippen LogP contribution in [0.15, 0.2) is 23.5 Å². The fourth-order valence-corrected chi connectivity index (χ4v) is 3.18. The van der Waals surface area contributed by atoms with Crippen molar-refractivity contribution < 1.29 is 53.7 Å². The largest absolute Gasteiger partial charge is 0.469 e. The molecule has 2 heterocycles. The Morgan fingerprint density at radius 2 is 1.83 bits per heavy atom. The molecule has 0 bridgehead atoms. The van der Waals surface area contributed by atoms with E-state index in [2.05, 4.69) is 4.74 Å². The van der Waals surface area contributed by atoms with Gasteiger partial charge in [0.25, 0.3) is 0 Å². The number of rotatable bonds is 6. The van der Waals surface area contributed by atoms with Crippen molar-refractivity contribution in [2.24, 2.45) is 5.92 Å². The topological polar surface area (TPSA) is 161 Å². The first-order valence-corrected chi connectivity index (χ1v) is 8.91. The Labute approximate surface area is 167 Å². The molecule has 0 spiro atoms. The number of allylic oxidation sites excluding steroid dienone is 1. The summed E-state index contributed by atoms with van der Waals surface area (Å²) in [4.78, 5) is 23.9. The van der Waals surface area contributed by atoms with Gasteiger partial charge in [0.15, 0.2) is 6.29 Å². The number of aliphatic hydroxyl groups excluding tert-OH is 4. The highest BCUT2D eigenvalue weighted by Crippen LogP contribution is 2.36. The van der Waals surface area contributed by atoms with Gasteiger partial charge in [0.1, 0.15) is 24.4 Å². The maximum absolute atomic E-state index is 12.1. The molecule has 0 aliphatic carbocycles. The minimum absolute atomic E-state index is 0.0691. The third-order valence-electron chi connectivity index (χ3n) is 4.83. The van der Waals surface area contributed by atoms with Gasteiger partial charge in [0.2, 0.25) is 6.29 Å². The van der Waals surface area contributed by atoms with Crippen LogP contribution in [0.1, 0.15) is 13.3 Å². The third-order valence-corrected chi connectivity index (χ3v) is 4.83. The summed E-state index contributed by atoms with van der Waals surface area (Å²) in [6.07, 6.45) is -6.17. The number of hydrogen-bond donors (Lipinski definition) is 4. The van der Waals surface area contributed by atoms with Crippen molar-refractivity contribution >= 4 is 11.9 Å². The van der Waals surface area contributed by atoms with Gasteiger partial charge in [0, 0.05) is 11.5 Å². The van der Waals surface area contributed by atoms with Crippen molar-refractivity contribution in [2.75, 3.05) is 20.8 Å². The van der Waals surface area contributed by atoms with Crippen molar-refractivity contribution in [2.45, 2.75) is 50.3 Å². The highest BCUT2D eigenvalue weighted by atomic mass is 16.8. The van der Waals surface area contributed by atoms with Gasteiger partial charge in [-0.05, 0) is 6.92 Å². The van der Waals surface area contributed by atoms with Crippen LogP contribution in [0.3, 0.4) is 0 Å². The molecule has 7 atom stereocenters. The average molecular weight is 418 g/mol. The molecule has 0 radical (unpaired) electrons. The second kappa shape index (κ2) is 10.1. The predicted octanol–water partition coefficient (Wildman–Crippen LogP) is -1.66. The van der Waals surface area contributed by atoms with Gasteiger partial charge in [-0.3, -0.25) is 4.79 Å². The second-order valence-corrected chi connectivity index (χ2v) is 6.49. The molecule has 2 aliphatic rings. The Kier molecular flexibility index (Phi) is 8.14. The first-order chi connectivity index (χ1) is 13.8. The molecular weight excluding hydrogens is 392 g/mol. The molecule has 0 aromatic heterocycles. The summed E-state index contributed by atoms with van der Waals surface area (Å²) < 4.78 is 25.8. The van der Waals surface area contributed by atoms with Crippen molar-refractivity contribution in [3.8, 4) is 0 Å². The summed E-state index contributed by atoms with van der Waals surface area (Å²) >= 11 is 0. The molecule has 11 heteroatoms. The van der Waals surface area contributed by atoms with Crippen molar-refractivity contribution in [3.63, 3.8) is 0 Å². The Bertz CT molecular complexity index is 656. The molecular formula is C18H26O11. The van der Waals surface area contributed by atoms with E-state index in [0.29, 0.717) is 5.57 Å².